The summed E-state index contributed by atoms with van der Waals surface area (Å²) in [5.41, 5.74) is 3.71. The van der Waals surface area contributed by atoms with Crippen molar-refractivity contribution in [3.8, 4) is 28.6 Å². The number of amides is 1. The van der Waals surface area contributed by atoms with Crippen LogP contribution in [-0.2, 0) is 24.9 Å². The molecule has 0 aliphatic rings. The molecule has 0 saturated heterocycles. The molecule has 0 radical (unpaired) electrons. The number of rotatable bonds is 9. The summed E-state index contributed by atoms with van der Waals surface area (Å²) in [7, 11) is 3.49. The van der Waals surface area contributed by atoms with Crippen LogP contribution in [-0.4, -0.2) is 27.7 Å². The Balaban J connectivity index is 1.74. The van der Waals surface area contributed by atoms with Gasteiger partial charge in [-0.3, -0.25) is 4.79 Å². The Labute approximate surface area is 200 Å². The third kappa shape index (κ3) is 5.29. The average molecular weight is 456 g/mol. The topological polar surface area (TPSA) is 56.6 Å². The number of aryl methyl sites for hydroxylation is 1. The van der Waals surface area contributed by atoms with E-state index in [0.29, 0.717) is 31.1 Å². The first-order chi connectivity index (χ1) is 16.6. The van der Waals surface area contributed by atoms with Gasteiger partial charge >= 0.3 is 0 Å². The maximum absolute atomic E-state index is 13.0. The number of nitrogens with zero attached hydrogens (tertiary/aromatic N) is 3. The highest BCUT2D eigenvalue weighted by atomic mass is 16.5. The Morgan fingerprint density at radius 2 is 1.50 bits per heavy atom. The minimum Gasteiger partial charge on any atom is -0.497 e. The number of hydrogen-bond donors (Lipinski definition) is 0. The van der Waals surface area contributed by atoms with E-state index < -0.39 is 0 Å². The summed E-state index contributed by atoms with van der Waals surface area (Å²) >= 11 is 0. The molecule has 0 saturated carbocycles. The van der Waals surface area contributed by atoms with E-state index in [1.807, 2.05) is 104 Å². The summed E-state index contributed by atoms with van der Waals surface area (Å²) in [6.07, 6.45) is 0.419. The standard InChI is InChI=1S/C28H29N3O3/c1-4-26(32)31(19-21-11-7-5-8-12-21)20-25-27(22-13-9-6-10-14-22)29-30(2)28(25)34-24-17-15-23(33-3)16-18-24/h5-18H,4,19-20H2,1-3H3. The fourth-order valence-corrected chi connectivity index (χ4v) is 3.86. The lowest BCUT2D eigenvalue weighted by molar-refractivity contribution is -0.132. The van der Waals surface area contributed by atoms with Crippen molar-refractivity contribution >= 4 is 5.91 Å². The zero-order valence-electron chi connectivity index (χ0n) is 19.8. The smallest absolute Gasteiger partial charge is 0.223 e. The van der Waals surface area contributed by atoms with E-state index in [1.165, 1.54) is 0 Å². The van der Waals surface area contributed by atoms with Gasteiger partial charge in [0, 0.05) is 25.6 Å². The minimum absolute atomic E-state index is 0.0714. The quantitative estimate of drug-likeness (QED) is 0.319. The molecule has 3 aromatic carbocycles. The van der Waals surface area contributed by atoms with Crippen molar-refractivity contribution < 1.29 is 14.3 Å². The summed E-state index contributed by atoms with van der Waals surface area (Å²) in [6, 6.07) is 27.4. The van der Waals surface area contributed by atoms with Gasteiger partial charge in [-0.05, 0) is 29.8 Å². The van der Waals surface area contributed by atoms with Crippen LogP contribution in [0.4, 0.5) is 0 Å². The molecule has 1 aromatic heterocycles. The molecule has 0 atom stereocenters. The van der Waals surface area contributed by atoms with Crippen molar-refractivity contribution in [3.05, 3.63) is 96.1 Å². The Hall–Kier alpha value is -4.06. The zero-order chi connectivity index (χ0) is 23.9. The number of carbonyl (C=O) groups excluding carboxylic acids is 1. The van der Waals surface area contributed by atoms with Crippen molar-refractivity contribution in [3.63, 3.8) is 0 Å². The number of hydrogen-bond acceptors (Lipinski definition) is 4. The highest BCUT2D eigenvalue weighted by Crippen LogP contribution is 2.35. The van der Waals surface area contributed by atoms with E-state index in [9.17, 15) is 4.79 Å². The van der Waals surface area contributed by atoms with Crippen molar-refractivity contribution in [1.29, 1.82) is 0 Å². The zero-order valence-corrected chi connectivity index (χ0v) is 19.8. The van der Waals surface area contributed by atoms with Crippen molar-refractivity contribution in [2.24, 2.45) is 7.05 Å². The lowest BCUT2D eigenvalue weighted by Gasteiger charge is -2.23. The van der Waals surface area contributed by atoms with Gasteiger partial charge < -0.3 is 14.4 Å². The molecule has 0 N–H and O–H groups in total. The summed E-state index contributed by atoms with van der Waals surface area (Å²) in [6.45, 7) is 2.78. The van der Waals surface area contributed by atoms with Gasteiger partial charge in [0.15, 0.2) is 0 Å². The molecule has 1 amide bonds. The monoisotopic (exact) mass is 455 g/mol. The SMILES string of the molecule is CCC(=O)N(Cc1ccccc1)Cc1c(-c2ccccc2)nn(C)c1Oc1ccc(OC)cc1. The average Bonchev–Trinajstić information content (AvgIpc) is 3.19. The largest absolute Gasteiger partial charge is 0.497 e. The van der Waals surface area contributed by atoms with Crippen LogP contribution in [0, 0.1) is 0 Å². The van der Waals surface area contributed by atoms with Crippen LogP contribution in [0.25, 0.3) is 11.3 Å². The van der Waals surface area contributed by atoms with Gasteiger partial charge in [0.05, 0.1) is 19.2 Å². The van der Waals surface area contributed by atoms with E-state index in [4.69, 9.17) is 14.6 Å². The van der Waals surface area contributed by atoms with E-state index in [1.54, 1.807) is 11.8 Å². The van der Waals surface area contributed by atoms with Crippen LogP contribution in [0.3, 0.4) is 0 Å². The third-order valence-corrected chi connectivity index (χ3v) is 5.63. The first-order valence-corrected chi connectivity index (χ1v) is 11.3. The second-order valence-corrected chi connectivity index (χ2v) is 7.99. The van der Waals surface area contributed by atoms with E-state index in [2.05, 4.69) is 0 Å². The molecule has 0 unspecified atom stereocenters. The minimum atomic E-state index is 0.0714. The van der Waals surface area contributed by atoms with Crippen LogP contribution in [0.2, 0.25) is 0 Å². The van der Waals surface area contributed by atoms with Crippen molar-refractivity contribution in [2.75, 3.05) is 7.11 Å². The Kier molecular flexibility index (Phi) is 7.28. The van der Waals surface area contributed by atoms with Crippen LogP contribution < -0.4 is 9.47 Å². The van der Waals surface area contributed by atoms with Crippen LogP contribution in [0.15, 0.2) is 84.9 Å². The molecule has 0 fully saturated rings. The third-order valence-electron chi connectivity index (χ3n) is 5.63. The van der Waals surface area contributed by atoms with E-state index >= 15 is 0 Å². The molecule has 1 heterocycles. The van der Waals surface area contributed by atoms with Crippen molar-refractivity contribution in [2.45, 2.75) is 26.4 Å². The molecular formula is C28H29N3O3. The van der Waals surface area contributed by atoms with Crippen LogP contribution >= 0.6 is 0 Å². The fourth-order valence-electron chi connectivity index (χ4n) is 3.86. The van der Waals surface area contributed by atoms with Gasteiger partial charge in [0.25, 0.3) is 0 Å². The van der Waals surface area contributed by atoms with Gasteiger partial charge in [-0.25, -0.2) is 4.68 Å². The summed E-state index contributed by atoms with van der Waals surface area (Å²) < 4.78 is 13.3. The number of benzene rings is 3. The van der Waals surface area contributed by atoms with Gasteiger partial charge in [0.1, 0.15) is 17.2 Å². The number of aromatic nitrogens is 2. The Bertz CT molecular complexity index is 1220. The van der Waals surface area contributed by atoms with Gasteiger partial charge in [-0.15, -0.1) is 0 Å². The van der Waals surface area contributed by atoms with Crippen LogP contribution in [0.1, 0.15) is 24.5 Å². The molecular weight excluding hydrogens is 426 g/mol. The lowest BCUT2D eigenvalue weighted by atomic mass is 10.1. The molecule has 6 nitrogen and oxygen atoms in total. The van der Waals surface area contributed by atoms with Gasteiger partial charge in [0.2, 0.25) is 11.8 Å². The summed E-state index contributed by atoms with van der Waals surface area (Å²) in [4.78, 5) is 14.8. The number of carbonyl (C=O) groups is 1. The molecule has 34 heavy (non-hydrogen) atoms. The molecule has 174 valence electrons. The molecule has 0 bridgehead atoms. The van der Waals surface area contributed by atoms with E-state index in [-0.39, 0.29) is 5.91 Å². The highest BCUT2D eigenvalue weighted by Gasteiger charge is 2.24. The summed E-state index contributed by atoms with van der Waals surface area (Å²) in [5.74, 6) is 2.10. The molecule has 6 heteroatoms. The molecule has 0 aliphatic heterocycles. The highest BCUT2D eigenvalue weighted by molar-refractivity contribution is 5.76. The predicted octanol–water partition coefficient (Wildman–Crippen LogP) is 5.83. The van der Waals surface area contributed by atoms with Crippen molar-refractivity contribution in [1.82, 2.24) is 14.7 Å². The molecule has 0 spiro atoms. The van der Waals surface area contributed by atoms with Gasteiger partial charge in [-0.2, -0.15) is 5.10 Å². The lowest BCUT2D eigenvalue weighted by Crippen LogP contribution is -2.29. The maximum atomic E-state index is 13.0. The summed E-state index contributed by atoms with van der Waals surface area (Å²) in [5, 5.41) is 4.78. The first kappa shape index (κ1) is 23.1. The first-order valence-electron chi connectivity index (χ1n) is 11.3. The fraction of sp³-hybridized carbons (Fsp3) is 0.214. The Morgan fingerprint density at radius 1 is 0.882 bits per heavy atom. The molecule has 4 rings (SSSR count). The molecule has 0 aliphatic carbocycles. The predicted molar refractivity (Wildman–Crippen MR) is 133 cm³/mol. The van der Waals surface area contributed by atoms with Crippen LogP contribution in [0.5, 0.6) is 17.4 Å². The maximum Gasteiger partial charge on any atom is 0.223 e. The van der Waals surface area contributed by atoms with E-state index in [0.717, 1.165) is 28.1 Å². The number of methoxy groups -OCH3 is 1. The normalized spacial score (nSPS) is 10.7. The second kappa shape index (κ2) is 10.7. The second-order valence-electron chi connectivity index (χ2n) is 7.99. The van der Waals surface area contributed by atoms with Gasteiger partial charge in [-0.1, -0.05) is 67.6 Å². The number of ether oxygens (including phenoxy) is 2. The molecule has 4 aromatic rings. The Morgan fingerprint density at radius 3 is 2.12 bits per heavy atom.